The number of carbonyl (C=O) groups excluding carboxylic acids is 2. The lowest BCUT2D eigenvalue weighted by Gasteiger charge is -2.08. The molecule has 0 amide bonds. The SMILES string of the molecule is COC(=O)c1cc(=O)oc(C)c1C(=O)c1ccccc1. The molecule has 1 heterocycles. The summed E-state index contributed by atoms with van der Waals surface area (Å²) < 4.78 is 9.50. The Morgan fingerprint density at radius 3 is 2.40 bits per heavy atom. The molecule has 0 aliphatic carbocycles. The maximum atomic E-state index is 12.4. The number of esters is 1. The summed E-state index contributed by atoms with van der Waals surface area (Å²) in [4.78, 5) is 35.5. The monoisotopic (exact) mass is 272 g/mol. The zero-order chi connectivity index (χ0) is 14.7. The quantitative estimate of drug-likeness (QED) is 0.630. The Hall–Kier alpha value is -2.69. The molecule has 0 fully saturated rings. The second-order valence-corrected chi connectivity index (χ2v) is 4.10. The van der Waals surface area contributed by atoms with Gasteiger partial charge in [0.1, 0.15) is 5.76 Å². The lowest BCUT2D eigenvalue weighted by Crippen LogP contribution is -2.17. The fourth-order valence-corrected chi connectivity index (χ4v) is 1.90. The molecule has 5 heteroatoms. The molecule has 20 heavy (non-hydrogen) atoms. The van der Waals surface area contributed by atoms with E-state index in [1.807, 2.05) is 0 Å². The molecular weight excluding hydrogens is 260 g/mol. The summed E-state index contributed by atoms with van der Waals surface area (Å²) in [7, 11) is 1.18. The van der Waals surface area contributed by atoms with Gasteiger partial charge >= 0.3 is 11.6 Å². The Labute approximate surface area is 114 Å². The molecule has 0 N–H and O–H groups in total. The van der Waals surface area contributed by atoms with Gasteiger partial charge in [-0.05, 0) is 6.92 Å². The van der Waals surface area contributed by atoms with Gasteiger partial charge in [0, 0.05) is 11.6 Å². The van der Waals surface area contributed by atoms with Crippen LogP contribution < -0.4 is 5.63 Å². The first-order chi connectivity index (χ1) is 9.54. The fraction of sp³-hybridized carbons (Fsp3) is 0.133. The summed E-state index contributed by atoms with van der Waals surface area (Å²) in [6, 6.07) is 9.39. The number of hydrogen-bond acceptors (Lipinski definition) is 5. The third kappa shape index (κ3) is 2.51. The summed E-state index contributed by atoms with van der Waals surface area (Å²) in [5.41, 5.74) is -0.347. The second-order valence-electron chi connectivity index (χ2n) is 4.10. The lowest BCUT2D eigenvalue weighted by molar-refractivity contribution is 0.0595. The molecule has 5 nitrogen and oxygen atoms in total. The van der Waals surface area contributed by atoms with E-state index in [0.717, 1.165) is 6.07 Å². The number of rotatable bonds is 3. The Bertz CT molecular complexity index is 713. The highest BCUT2D eigenvalue weighted by molar-refractivity contribution is 6.14. The van der Waals surface area contributed by atoms with Crippen molar-refractivity contribution >= 4 is 11.8 Å². The van der Waals surface area contributed by atoms with E-state index in [2.05, 4.69) is 4.74 Å². The highest BCUT2D eigenvalue weighted by Crippen LogP contribution is 2.18. The number of carbonyl (C=O) groups is 2. The Balaban J connectivity index is 2.64. The highest BCUT2D eigenvalue weighted by atomic mass is 16.5. The van der Waals surface area contributed by atoms with Gasteiger partial charge in [0.05, 0.1) is 18.2 Å². The first-order valence-corrected chi connectivity index (χ1v) is 5.87. The predicted octanol–water partition coefficient (Wildman–Crippen LogP) is 1.97. The minimum absolute atomic E-state index is 0.0441. The van der Waals surface area contributed by atoms with E-state index in [0.29, 0.717) is 5.56 Å². The molecule has 0 radical (unpaired) electrons. The summed E-state index contributed by atoms with van der Waals surface area (Å²) in [6.45, 7) is 1.46. The number of aryl methyl sites for hydroxylation is 1. The van der Waals surface area contributed by atoms with Crippen molar-refractivity contribution in [3.8, 4) is 0 Å². The van der Waals surface area contributed by atoms with Crippen molar-refractivity contribution < 1.29 is 18.7 Å². The van der Waals surface area contributed by atoms with Crippen LogP contribution in [-0.4, -0.2) is 18.9 Å². The van der Waals surface area contributed by atoms with E-state index in [4.69, 9.17) is 4.42 Å². The van der Waals surface area contributed by atoms with Crippen LogP contribution in [0.25, 0.3) is 0 Å². The number of benzene rings is 1. The fourth-order valence-electron chi connectivity index (χ4n) is 1.90. The first-order valence-electron chi connectivity index (χ1n) is 5.87. The highest BCUT2D eigenvalue weighted by Gasteiger charge is 2.23. The lowest BCUT2D eigenvalue weighted by atomic mass is 9.98. The average Bonchev–Trinajstić information content (AvgIpc) is 2.46. The third-order valence-electron chi connectivity index (χ3n) is 2.81. The van der Waals surface area contributed by atoms with Crippen LogP contribution in [0.5, 0.6) is 0 Å². The molecule has 0 bridgehead atoms. The van der Waals surface area contributed by atoms with Crippen molar-refractivity contribution in [2.45, 2.75) is 6.92 Å². The molecule has 0 aliphatic rings. The van der Waals surface area contributed by atoms with Gasteiger partial charge in [-0.1, -0.05) is 30.3 Å². The molecule has 1 aromatic carbocycles. The number of ether oxygens (including phenoxy) is 1. The van der Waals surface area contributed by atoms with Crippen LogP contribution in [0.15, 0.2) is 45.6 Å². The number of ketones is 1. The van der Waals surface area contributed by atoms with E-state index in [-0.39, 0.29) is 16.9 Å². The largest absolute Gasteiger partial charge is 0.465 e. The van der Waals surface area contributed by atoms with Crippen molar-refractivity contribution in [2.75, 3.05) is 7.11 Å². The van der Waals surface area contributed by atoms with Crippen LogP contribution in [0.2, 0.25) is 0 Å². The Morgan fingerprint density at radius 1 is 1.15 bits per heavy atom. The van der Waals surface area contributed by atoms with Crippen molar-refractivity contribution in [1.82, 2.24) is 0 Å². The van der Waals surface area contributed by atoms with Gasteiger partial charge in [0.25, 0.3) is 0 Å². The van der Waals surface area contributed by atoms with Gasteiger partial charge in [-0.3, -0.25) is 4.79 Å². The zero-order valence-electron chi connectivity index (χ0n) is 11.0. The first kappa shape index (κ1) is 13.7. The van der Waals surface area contributed by atoms with Crippen molar-refractivity contribution in [3.63, 3.8) is 0 Å². The summed E-state index contributed by atoms with van der Waals surface area (Å²) in [5.74, 6) is -1.06. The zero-order valence-corrected chi connectivity index (χ0v) is 11.0. The van der Waals surface area contributed by atoms with Gasteiger partial charge in [0.2, 0.25) is 0 Å². The van der Waals surface area contributed by atoms with E-state index >= 15 is 0 Å². The molecule has 0 saturated carbocycles. The van der Waals surface area contributed by atoms with Gasteiger partial charge < -0.3 is 9.15 Å². The molecule has 102 valence electrons. The third-order valence-corrected chi connectivity index (χ3v) is 2.81. The van der Waals surface area contributed by atoms with E-state index < -0.39 is 17.4 Å². The van der Waals surface area contributed by atoms with Gasteiger partial charge in [-0.15, -0.1) is 0 Å². The molecule has 2 aromatic rings. The standard InChI is InChI=1S/C15H12O5/c1-9-13(14(17)10-6-4-3-5-7-10)11(15(18)19-2)8-12(16)20-9/h3-8H,1-2H3. The Kier molecular flexibility index (Phi) is 3.79. The maximum Gasteiger partial charge on any atom is 0.339 e. The summed E-state index contributed by atoms with van der Waals surface area (Å²) in [5, 5.41) is 0. The Morgan fingerprint density at radius 2 is 1.80 bits per heavy atom. The van der Waals surface area contributed by atoms with Gasteiger partial charge in [-0.25, -0.2) is 9.59 Å². The van der Waals surface area contributed by atoms with Crippen molar-refractivity contribution in [2.24, 2.45) is 0 Å². The van der Waals surface area contributed by atoms with Crippen LogP contribution in [-0.2, 0) is 4.74 Å². The van der Waals surface area contributed by atoms with E-state index in [1.54, 1.807) is 30.3 Å². The average molecular weight is 272 g/mol. The van der Waals surface area contributed by atoms with E-state index in [1.165, 1.54) is 14.0 Å². The van der Waals surface area contributed by atoms with Crippen molar-refractivity contribution in [1.29, 1.82) is 0 Å². The number of hydrogen-bond donors (Lipinski definition) is 0. The molecule has 0 saturated heterocycles. The van der Waals surface area contributed by atoms with Crippen molar-refractivity contribution in [3.05, 3.63) is 69.3 Å². The molecule has 1 aromatic heterocycles. The molecule has 0 spiro atoms. The van der Waals surface area contributed by atoms with Gasteiger partial charge in [0.15, 0.2) is 5.78 Å². The van der Waals surface area contributed by atoms with E-state index in [9.17, 15) is 14.4 Å². The molecule has 0 unspecified atom stereocenters. The maximum absolute atomic E-state index is 12.4. The summed E-state index contributed by atoms with van der Waals surface area (Å²) in [6.07, 6.45) is 0. The molecule has 2 rings (SSSR count). The minimum atomic E-state index is -0.750. The van der Waals surface area contributed by atoms with Crippen LogP contribution >= 0.6 is 0 Å². The normalized spacial score (nSPS) is 10.1. The molecule has 0 atom stereocenters. The van der Waals surface area contributed by atoms with Gasteiger partial charge in [-0.2, -0.15) is 0 Å². The van der Waals surface area contributed by atoms with Crippen LogP contribution in [0, 0.1) is 6.92 Å². The van der Waals surface area contributed by atoms with Crippen LogP contribution in [0.3, 0.4) is 0 Å². The second kappa shape index (κ2) is 5.52. The summed E-state index contributed by atoms with van der Waals surface area (Å²) >= 11 is 0. The smallest absolute Gasteiger partial charge is 0.339 e. The molecule has 0 aliphatic heterocycles. The molecular formula is C15H12O5. The topological polar surface area (TPSA) is 73.6 Å². The van der Waals surface area contributed by atoms with Crippen LogP contribution in [0.4, 0.5) is 0 Å². The number of methoxy groups -OCH3 is 1. The minimum Gasteiger partial charge on any atom is -0.465 e. The van der Waals surface area contributed by atoms with Crippen LogP contribution in [0.1, 0.15) is 32.0 Å². The predicted molar refractivity (Wildman–Crippen MR) is 70.9 cm³/mol.